The van der Waals surface area contributed by atoms with Crippen LogP contribution in [0.2, 0.25) is 0 Å². The minimum Gasteiger partial charge on any atom is -0.404 e. The zero-order valence-electron chi connectivity index (χ0n) is 7.03. The highest BCUT2D eigenvalue weighted by molar-refractivity contribution is 7.46. The maximum atomic E-state index is 12.9. The molecule has 0 atom stereocenters. The van der Waals surface area contributed by atoms with Gasteiger partial charge in [0.25, 0.3) is 0 Å². The Kier molecular flexibility index (Phi) is 3.04. The van der Waals surface area contributed by atoms with Crippen LogP contribution in [0.1, 0.15) is 0 Å². The van der Waals surface area contributed by atoms with Crippen LogP contribution in [-0.4, -0.2) is 14.7 Å². The van der Waals surface area contributed by atoms with Crippen molar-refractivity contribution in [3.05, 3.63) is 34.1 Å². The summed E-state index contributed by atoms with van der Waals surface area (Å²) in [5.41, 5.74) is -0.798. The number of hydrogen-bond acceptors (Lipinski definition) is 4. The van der Waals surface area contributed by atoms with Crippen LogP contribution in [0.15, 0.2) is 18.2 Å². The monoisotopic (exact) mass is 237 g/mol. The van der Waals surface area contributed by atoms with E-state index in [1.807, 2.05) is 0 Å². The van der Waals surface area contributed by atoms with Crippen molar-refractivity contribution in [2.24, 2.45) is 0 Å². The van der Waals surface area contributed by atoms with E-state index >= 15 is 0 Å². The molecule has 1 rings (SSSR count). The molecule has 0 aromatic heterocycles. The lowest BCUT2D eigenvalue weighted by molar-refractivity contribution is -0.387. The smallest absolute Gasteiger partial charge is 0.404 e. The molecular weight excluding hydrogens is 232 g/mol. The molecule has 0 saturated heterocycles. The van der Waals surface area contributed by atoms with E-state index in [-0.39, 0.29) is 0 Å². The Balaban J connectivity index is 3.02. The normalized spacial score (nSPS) is 11.1. The van der Waals surface area contributed by atoms with E-state index in [1.54, 1.807) is 0 Å². The lowest BCUT2D eigenvalue weighted by Gasteiger charge is -2.05. The van der Waals surface area contributed by atoms with Crippen LogP contribution in [-0.2, 0) is 4.57 Å². The van der Waals surface area contributed by atoms with Crippen molar-refractivity contribution < 1.29 is 28.2 Å². The second kappa shape index (κ2) is 3.93. The van der Waals surface area contributed by atoms with E-state index in [2.05, 4.69) is 4.52 Å². The van der Waals surface area contributed by atoms with Crippen LogP contribution in [0.3, 0.4) is 0 Å². The first-order valence-corrected chi connectivity index (χ1v) is 5.02. The van der Waals surface area contributed by atoms with E-state index in [0.717, 1.165) is 12.1 Å². The van der Waals surface area contributed by atoms with E-state index in [9.17, 15) is 19.1 Å². The van der Waals surface area contributed by atoms with Crippen molar-refractivity contribution in [2.45, 2.75) is 0 Å². The summed E-state index contributed by atoms with van der Waals surface area (Å²) in [5.74, 6) is -1.71. The first-order chi connectivity index (χ1) is 6.79. The highest BCUT2D eigenvalue weighted by Gasteiger charge is 2.19. The molecular formula is C6H5FNO6P. The summed E-state index contributed by atoms with van der Waals surface area (Å²) >= 11 is 0. The fourth-order valence-corrected chi connectivity index (χ4v) is 1.22. The number of nitrogens with zero attached hydrogens (tertiary/aromatic N) is 1. The number of hydrogen-bond donors (Lipinski definition) is 2. The van der Waals surface area contributed by atoms with Crippen LogP contribution < -0.4 is 4.52 Å². The molecule has 0 saturated carbocycles. The van der Waals surface area contributed by atoms with Crippen LogP contribution in [0.25, 0.3) is 0 Å². The molecule has 0 bridgehead atoms. The SMILES string of the molecule is O=[N+]([O-])c1ccc(OP(=O)(O)O)cc1F. The number of nitro groups is 1. The molecule has 0 heterocycles. The molecule has 0 unspecified atom stereocenters. The van der Waals surface area contributed by atoms with Gasteiger partial charge in [0.2, 0.25) is 5.82 Å². The molecule has 1 aromatic rings. The van der Waals surface area contributed by atoms with Gasteiger partial charge in [-0.05, 0) is 6.07 Å². The number of halogens is 1. The Labute approximate surface area is 82.5 Å². The Morgan fingerprint density at radius 2 is 2.07 bits per heavy atom. The molecule has 0 spiro atoms. The van der Waals surface area contributed by atoms with Crippen molar-refractivity contribution in [3.8, 4) is 5.75 Å². The molecule has 0 radical (unpaired) electrons. The van der Waals surface area contributed by atoms with Gasteiger partial charge in [0.1, 0.15) is 5.75 Å². The van der Waals surface area contributed by atoms with Gasteiger partial charge in [0.05, 0.1) is 4.92 Å². The second-order valence-electron chi connectivity index (χ2n) is 2.45. The zero-order chi connectivity index (χ0) is 11.6. The third-order valence-corrected chi connectivity index (χ3v) is 1.79. The largest absolute Gasteiger partial charge is 0.524 e. The minimum atomic E-state index is -4.78. The quantitative estimate of drug-likeness (QED) is 0.464. The molecule has 15 heavy (non-hydrogen) atoms. The molecule has 82 valence electrons. The van der Waals surface area contributed by atoms with Crippen molar-refractivity contribution in [2.75, 3.05) is 0 Å². The number of benzene rings is 1. The number of nitro benzene ring substituents is 1. The third-order valence-electron chi connectivity index (χ3n) is 1.34. The molecule has 0 fully saturated rings. The molecule has 0 aliphatic carbocycles. The van der Waals surface area contributed by atoms with E-state index < -0.39 is 30.0 Å². The number of rotatable bonds is 3. The van der Waals surface area contributed by atoms with Crippen molar-refractivity contribution in [1.29, 1.82) is 0 Å². The average Bonchev–Trinajstić information content (AvgIpc) is 1.99. The molecule has 0 amide bonds. The molecule has 2 N–H and O–H groups in total. The lowest BCUT2D eigenvalue weighted by atomic mass is 10.3. The fourth-order valence-electron chi connectivity index (χ4n) is 0.830. The van der Waals surface area contributed by atoms with Gasteiger partial charge in [-0.3, -0.25) is 19.9 Å². The highest BCUT2D eigenvalue weighted by atomic mass is 31.2. The van der Waals surface area contributed by atoms with Gasteiger partial charge in [-0.1, -0.05) is 0 Å². The van der Waals surface area contributed by atoms with Gasteiger partial charge < -0.3 is 4.52 Å². The van der Waals surface area contributed by atoms with Crippen molar-refractivity contribution >= 4 is 13.5 Å². The van der Waals surface area contributed by atoms with Gasteiger partial charge in [0, 0.05) is 12.1 Å². The summed E-state index contributed by atoms with van der Waals surface area (Å²) < 4.78 is 27.3. The molecule has 9 heteroatoms. The predicted octanol–water partition coefficient (Wildman–Crippen LogP) is 1.21. The zero-order valence-corrected chi connectivity index (χ0v) is 7.93. The third kappa shape index (κ3) is 3.28. The maximum Gasteiger partial charge on any atom is 0.524 e. The topological polar surface area (TPSA) is 110 Å². The van der Waals surface area contributed by atoms with Gasteiger partial charge >= 0.3 is 13.5 Å². The Morgan fingerprint density at radius 3 is 2.47 bits per heavy atom. The van der Waals surface area contributed by atoms with E-state index in [0.29, 0.717) is 6.07 Å². The lowest BCUT2D eigenvalue weighted by Crippen LogP contribution is -1.94. The van der Waals surface area contributed by atoms with Gasteiger partial charge in [-0.25, -0.2) is 4.57 Å². The summed E-state index contributed by atoms with van der Waals surface area (Å²) in [4.78, 5) is 26.0. The summed E-state index contributed by atoms with van der Waals surface area (Å²) in [6.07, 6.45) is 0. The Bertz CT molecular complexity index is 443. The van der Waals surface area contributed by atoms with Gasteiger partial charge in [-0.2, -0.15) is 4.39 Å². The summed E-state index contributed by atoms with van der Waals surface area (Å²) in [5, 5.41) is 10.2. The Hall–Kier alpha value is -1.50. The maximum absolute atomic E-state index is 12.9. The van der Waals surface area contributed by atoms with Crippen LogP contribution in [0, 0.1) is 15.9 Å². The van der Waals surface area contributed by atoms with E-state index in [1.165, 1.54) is 0 Å². The fraction of sp³-hybridized carbons (Fsp3) is 0. The molecule has 0 aliphatic rings. The van der Waals surface area contributed by atoms with Crippen molar-refractivity contribution in [1.82, 2.24) is 0 Å². The minimum absolute atomic E-state index is 0.480. The van der Waals surface area contributed by atoms with Gasteiger partial charge in [0.15, 0.2) is 0 Å². The summed E-state index contributed by atoms with van der Waals surface area (Å²) in [7, 11) is -4.78. The summed E-state index contributed by atoms with van der Waals surface area (Å²) in [6, 6.07) is 2.16. The standard InChI is InChI=1S/C6H5FNO6P/c7-5-3-4(14-15(11,12)13)1-2-6(5)8(9)10/h1-3H,(H2,11,12,13). The van der Waals surface area contributed by atoms with Crippen LogP contribution >= 0.6 is 7.82 Å². The predicted molar refractivity (Wildman–Crippen MR) is 45.7 cm³/mol. The number of phosphoric acid groups is 1. The first kappa shape index (κ1) is 11.6. The average molecular weight is 237 g/mol. The highest BCUT2D eigenvalue weighted by Crippen LogP contribution is 2.38. The molecule has 0 aliphatic heterocycles. The first-order valence-electron chi connectivity index (χ1n) is 3.49. The van der Waals surface area contributed by atoms with Crippen LogP contribution in [0.5, 0.6) is 5.75 Å². The summed E-state index contributed by atoms with van der Waals surface area (Å²) in [6.45, 7) is 0. The van der Waals surface area contributed by atoms with E-state index in [4.69, 9.17) is 9.79 Å². The van der Waals surface area contributed by atoms with Crippen LogP contribution in [0.4, 0.5) is 10.1 Å². The molecule has 7 nitrogen and oxygen atoms in total. The van der Waals surface area contributed by atoms with Gasteiger partial charge in [-0.15, -0.1) is 0 Å². The Morgan fingerprint density at radius 1 is 1.47 bits per heavy atom. The number of phosphoric ester groups is 1. The molecule has 1 aromatic carbocycles. The second-order valence-corrected chi connectivity index (χ2v) is 3.62. The van der Waals surface area contributed by atoms with Crippen molar-refractivity contribution in [3.63, 3.8) is 0 Å².